The number of anilines is 2. The molecule has 118 valence electrons. The minimum absolute atomic E-state index is 0.0125. The highest BCUT2D eigenvalue weighted by molar-refractivity contribution is 7.99. The molecular formula is C17H16N2O2S2. The minimum atomic E-state index is -0.187. The van der Waals surface area contributed by atoms with E-state index in [0.717, 1.165) is 21.2 Å². The molecular weight excluding hydrogens is 328 g/mol. The Hall–Kier alpha value is -1.92. The summed E-state index contributed by atoms with van der Waals surface area (Å²) in [5.41, 5.74) is 1.99. The van der Waals surface area contributed by atoms with Crippen LogP contribution in [0.3, 0.4) is 0 Å². The Balaban J connectivity index is 1.78. The fourth-order valence-corrected chi connectivity index (χ4v) is 3.58. The van der Waals surface area contributed by atoms with Crippen LogP contribution in [0.25, 0.3) is 0 Å². The van der Waals surface area contributed by atoms with Crippen LogP contribution in [0, 0.1) is 0 Å². The number of amides is 2. The van der Waals surface area contributed by atoms with Crippen LogP contribution >= 0.6 is 23.5 Å². The normalized spacial score (nSPS) is 13.7. The third kappa shape index (κ3) is 3.89. The lowest BCUT2D eigenvalue weighted by atomic mass is 10.1. The Morgan fingerprint density at radius 2 is 2.00 bits per heavy atom. The van der Waals surface area contributed by atoms with Crippen molar-refractivity contribution in [3.63, 3.8) is 0 Å². The molecule has 0 atom stereocenters. The smallest absolute Gasteiger partial charge is 0.255 e. The Labute approximate surface area is 143 Å². The summed E-state index contributed by atoms with van der Waals surface area (Å²) in [6.07, 6.45) is 2.50. The van der Waals surface area contributed by atoms with E-state index in [9.17, 15) is 9.59 Å². The molecule has 0 aliphatic carbocycles. The molecule has 23 heavy (non-hydrogen) atoms. The lowest BCUT2D eigenvalue weighted by molar-refractivity contribution is -0.115. The van der Waals surface area contributed by atoms with Crippen molar-refractivity contribution in [3.8, 4) is 0 Å². The number of nitrogens with one attached hydrogen (secondary N) is 2. The highest BCUT2D eigenvalue weighted by Crippen LogP contribution is 2.31. The Morgan fingerprint density at radius 1 is 1.22 bits per heavy atom. The van der Waals surface area contributed by atoms with E-state index in [1.807, 2.05) is 36.6 Å². The van der Waals surface area contributed by atoms with E-state index in [4.69, 9.17) is 0 Å². The van der Waals surface area contributed by atoms with E-state index in [-0.39, 0.29) is 11.8 Å². The van der Waals surface area contributed by atoms with Crippen molar-refractivity contribution in [3.05, 3.63) is 48.0 Å². The number of benzene rings is 2. The largest absolute Gasteiger partial charge is 0.325 e. The molecule has 1 aliphatic heterocycles. The van der Waals surface area contributed by atoms with Gasteiger partial charge < -0.3 is 10.6 Å². The van der Waals surface area contributed by atoms with Gasteiger partial charge in [0.05, 0.1) is 5.69 Å². The SMILES string of the molecule is CSc1ccc(NC(=O)c2ccc3c(c2)NC(=O)CCS3)cc1. The van der Waals surface area contributed by atoms with Crippen molar-refractivity contribution in [1.29, 1.82) is 0 Å². The van der Waals surface area contributed by atoms with Crippen molar-refractivity contribution < 1.29 is 9.59 Å². The summed E-state index contributed by atoms with van der Waals surface area (Å²) in [4.78, 5) is 26.2. The number of hydrogen-bond donors (Lipinski definition) is 2. The average Bonchev–Trinajstić information content (AvgIpc) is 2.75. The summed E-state index contributed by atoms with van der Waals surface area (Å²) in [6, 6.07) is 13.1. The highest BCUT2D eigenvalue weighted by Gasteiger charge is 2.15. The number of thioether (sulfide) groups is 2. The molecule has 1 heterocycles. The molecule has 0 spiro atoms. The van der Waals surface area contributed by atoms with E-state index >= 15 is 0 Å². The third-order valence-corrected chi connectivity index (χ3v) is 5.27. The zero-order chi connectivity index (χ0) is 16.2. The first-order chi connectivity index (χ1) is 11.2. The van der Waals surface area contributed by atoms with Crippen LogP contribution in [0.2, 0.25) is 0 Å². The Morgan fingerprint density at radius 3 is 2.74 bits per heavy atom. The predicted octanol–water partition coefficient (Wildman–Crippen LogP) is 4.10. The summed E-state index contributed by atoms with van der Waals surface area (Å²) >= 11 is 3.28. The van der Waals surface area contributed by atoms with Gasteiger partial charge in [0.2, 0.25) is 5.91 Å². The van der Waals surface area contributed by atoms with Crippen molar-refractivity contribution in [2.75, 3.05) is 22.6 Å². The summed E-state index contributed by atoms with van der Waals surface area (Å²) < 4.78 is 0. The van der Waals surface area contributed by atoms with Gasteiger partial charge in [-0.2, -0.15) is 0 Å². The second kappa shape index (κ2) is 7.10. The van der Waals surface area contributed by atoms with Gasteiger partial charge in [-0.05, 0) is 48.7 Å². The molecule has 2 amide bonds. The maximum absolute atomic E-state index is 12.4. The molecule has 0 saturated heterocycles. The number of fused-ring (bicyclic) bond motifs is 1. The quantitative estimate of drug-likeness (QED) is 0.823. The fourth-order valence-electron chi connectivity index (χ4n) is 2.24. The molecule has 3 rings (SSSR count). The van der Waals surface area contributed by atoms with E-state index in [0.29, 0.717) is 17.7 Å². The number of rotatable bonds is 3. The van der Waals surface area contributed by atoms with E-state index in [1.54, 1.807) is 35.7 Å². The highest BCUT2D eigenvalue weighted by atomic mass is 32.2. The average molecular weight is 344 g/mol. The maximum atomic E-state index is 12.4. The zero-order valence-electron chi connectivity index (χ0n) is 12.6. The predicted molar refractivity (Wildman–Crippen MR) is 96.6 cm³/mol. The topological polar surface area (TPSA) is 58.2 Å². The summed E-state index contributed by atoms with van der Waals surface area (Å²) in [7, 11) is 0. The first-order valence-electron chi connectivity index (χ1n) is 7.18. The zero-order valence-corrected chi connectivity index (χ0v) is 14.2. The van der Waals surface area contributed by atoms with E-state index in [2.05, 4.69) is 10.6 Å². The molecule has 2 N–H and O–H groups in total. The number of carbonyl (C=O) groups excluding carboxylic acids is 2. The molecule has 0 saturated carbocycles. The fraction of sp³-hybridized carbons (Fsp3) is 0.176. The van der Waals surface area contributed by atoms with Gasteiger partial charge in [0.15, 0.2) is 0 Å². The maximum Gasteiger partial charge on any atom is 0.255 e. The molecule has 0 radical (unpaired) electrons. The second-order valence-corrected chi connectivity index (χ2v) is 7.06. The van der Waals surface area contributed by atoms with Gasteiger partial charge in [-0.1, -0.05) is 0 Å². The summed E-state index contributed by atoms with van der Waals surface area (Å²) in [5, 5.41) is 5.73. The number of hydrogen-bond acceptors (Lipinski definition) is 4. The molecule has 6 heteroatoms. The molecule has 0 bridgehead atoms. The molecule has 2 aromatic rings. The molecule has 4 nitrogen and oxygen atoms in total. The first kappa shape index (κ1) is 16.0. The van der Waals surface area contributed by atoms with Crippen LogP contribution < -0.4 is 10.6 Å². The monoisotopic (exact) mass is 344 g/mol. The van der Waals surface area contributed by atoms with Gasteiger partial charge in [-0.25, -0.2) is 0 Å². The molecule has 0 fully saturated rings. The lowest BCUT2D eigenvalue weighted by Gasteiger charge is -2.10. The van der Waals surface area contributed by atoms with Crippen LogP contribution in [0.4, 0.5) is 11.4 Å². The van der Waals surface area contributed by atoms with Crippen LogP contribution in [0.15, 0.2) is 52.3 Å². The van der Waals surface area contributed by atoms with Gasteiger partial charge in [-0.3, -0.25) is 9.59 Å². The standard InChI is InChI=1S/C17H16N2O2S2/c1-22-13-5-3-12(4-6-13)18-17(21)11-2-7-15-14(10-11)19-16(20)8-9-23-15/h2-7,10H,8-9H2,1H3,(H,18,21)(H,19,20). The summed E-state index contributed by atoms with van der Waals surface area (Å²) in [6.45, 7) is 0. The Kier molecular flexibility index (Phi) is 4.93. The van der Waals surface area contributed by atoms with Gasteiger partial charge in [-0.15, -0.1) is 23.5 Å². The van der Waals surface area contributed by atoms with Crippen LogP contribution in [0.5, 0.6) is 0 Å². The molecule has 0 unspecified atom stereocenters. The molecule has 2 aromatic carbocycles. The second-order valence-electron chi connectivity index (χ2n) is 5.04. The number of carbonyl (C=O) groups is 2. The summed E-state index contributed by atoms with van der Waals surface area (Å²) in [5.74, 6) is 0.557. The minimum Gasteiger partial charge on any atom is -0.325 e. The van der Waals surface area contributed by atoms with Gasteiger partial charge in [0.1, 0.15) is 0 Å². The van der Waals surface area contributed by atoms with Crippen LogP contribution in [0.1, 0.15) is 16.8 Å². The lowest BCUT2D eigenvalue weighted by Crippen LogP contribution is -2.14. The molecule has 0 aromatic heterocycles. The van der Waals surface area contributed by atoms with E-state index in [1.165, 1.54) is 0 Å². The van der Waals surface area contributed by atoms with Crippen LogP contribution in [-0.4, -0.2) is 23.8 Å². The van der Waals surface area contributed by atoms with Gasteiger partial charge in [0, 0.05) is 33.2 Å². The van der Waals surface area contributed by atoms with Crippen molar-refractivity contribution in [1.82, 2.24) is 0 Å². The Bertz CT molecular complexity index is 745. The van der Waals surface area contributed by atoms with Crippen molar-refractivity contribution >= 4 is 46.7 Å². The third-order valence-electron chi connectivity index (χ3n) is 3.45. The van der Waals surface area contributed by atoms with Crippen molar-refractivity contribution in [2.24, 2.45) is 0 Å². The van der Waals surface area contributed by atoms with Crippen molar-refractivity contribution in [2.45, 2.75) is 16.2 Å². The first-order valence-corrected chi connectivity index (χ1v) is 9.39. The van der Waals surface area contributed by atoms with E-state index < -0.39 is 0 Å². The van der Waals surface area contributed by atoms with Crippen LogP contribution in [-0.2, 0) is 4.79 Å². The van der Waals surface area contributed by atoms with Gasteiger partial charge >= 0.3 is 0 Å². The van der Waals surface area contributed by atoms with Gasteiger partial charge in [0.25, 0.3) is 5.91 Å². The molecule has 1 aliphatic rings.